The molecule has 22 heavy (non-hydrogen) atoms. The average molecular weight is 331 g/mol. The molecule has 3 aromatic heterocycles. The van der Waals surface area contributed by atoms with Gasteiger partial charge in [0.25, 0.3) is 5.56 Å². The van der Waals surface area contributed by atoms with Gasteiger partial charge in [-0.25, -0.2) is 4.98 Å². The van der Waals surface area contributed by atoms with Crippen LogP contribution < -0.4 is 5.56 Å². The first-order valence-electron chi connectivity index (χ1n) is 7.46. The lowest BCUT2D eigenvalue weighted by molar-refractivity contribution is 0.248. The molecule has 0 amide bonds. The second kappa shape index (κ2) is 5.61. The van der Waals surface area contributed by atoms with E-state index < -0.39 is 0 Å². The third kappa shape index (κ3) is 2.41. The number of hydrogen-bond donors (Lipinski definition) is 0. The van der Waals surface area contributed by atoms with Gasteiger partial charge >= 0.3 is 0 Å². The summed E-state index contributed by atoms with van der Waals surface area (Å²) in [6.45, 7) is 3.78. The summed E-state index contributed by atoms with van der Waals surface area (Å²) in [5.74, 6) is 0. The predicted octanol–water partition coefficient (Wildman–Crippen LogP) is 3.46. The molecule has 1 aliphatic heterocycles. The molecule has 0 spiro atoms. The predicted molar refractivity (Wildman–Crippen MR) is 90.8 cm³/mol. The lowest BCUT2D eigenvalue weighted by atomic mass is 10.2. The van der Waals surface area contributed by atoms with Gasteiger partial charge in [-0.1, -0.05) is 6.07 Å². The van der Waals surface area contributed by atoms with Crippen molar-refractivity contribution < 1.29 is 0 Å². The summed E-state index contributed by atoms with van der Waals surface area (Å²) in [5.41, 5.74) is 1.88. The fraction of sp³-hybridized carbons (Fsp3) is 0.375. The summed E-state index contributed by atoms with van der Waals surface area (Å²) in [5, 5.41) is 4.12. The van der Waals surface area contributed by atoms with Gasteiger partial charge in [0.15, 0.2) is 4.96 Å². The van der Waals surface area contributed by atoms with Crippen molar-refractivity contribution in [1.29, 1.82) is 0 Å². The van der Waals surface area contributed by atoms with Crippen LogP contribution in [-0.2, 0) is 6.54 Å². The van der Waals surface area contributed by atoms with Gasteiger partial charge in [-0.2, -0.15) is 0 Å². The molecule has 0 N–H and O–H groups in total. The number of likely N-dealkylation sites (tertiary alicyclic amines) is 1. The van der Waals surface area contributed by atoms with E-state index in [-0.39, 0.29) is 5.56 Å². The molecule has 4 nitrogen and oxygen atoms in total. The van der Waals surface area contributed by atoms with Crippen LogP contribution in [0.4, 0.5) is 0 Å². The maximum Gasteiger partial charge on any atom is 0.259 e. The molecule has 3 aromatic rings. The average Bonchev–Trinajstić information content (AvgIpc) is 3.19. The topological polar surface area (TPSA) is 37.6 Å². The molecule has 0 bridgehead atoms. The van der Waals surface area contributed by atoms with Gasteiger partial charge in [-0.15, -0.1) is 22.7 Å². The van der Waals surface area contributed by atoms with Crippen molar-refractivity contribution in [3.05, 3.63) is 55.6 Å². The Morgan fingerprint density at radius 2 is 2.32 bits per heavy atom. The van der Waals surface area contributed by atoms with Crippen LogP contribution in [0.3, 0.4) is 0 Å². The minimum atomic E-state index is 0.0330. The maximum atomic E-state index is 12.3. The SMILES string of the molecule is Cc1csc2nc(CN3CCC[C@H]3c3cccs3)cc(=O)n12. The van der Waals surface area contributed by atoms with E-state index in [2.05, 4.69) is 27.4 Å². The lowest BCUT2D eigenvalue weighted by Crippen LogP contribution is -2.24. The van der Waals surface area contributed by atoms with Gasteiger partial charge in [-0.3, -0.25) is 14.1 Å². The van der Waals surface area contributed by atoms with Crippen LogP contribution in [0.2, 0.25) is 0 Å². The van der Waals surface area contributed by atoms with Crippen molar-refractivity contribution in [2.24, 2.45) is 0 Å². The summed E-state index contributed by atoms with van der Waals surface area (Å²) in [4.78, 5) is 21.6. The highest BCUT2D eigenvalue weighted by Crippen LogP contribution is 2.35. The fourth-order valence-electron chi connectivity index (χ4n) is 3.21. The van der Waals surface area contributed by atoms with E-state index in [1.807, 2.05) is 23.6 Å². The van der Waals surface area contributed by atoms with Crippen LogP contribution in [0.1, 0.15) is 35.1 Å². The number of rotatable bonds is 3. The maximum absolute atomic E-state index is 12.3. The highest BCUT2D eigenvalue weighted by molar-refractivity contribution is 7.15. The summed E-state index contributed by atoms with van der Waals surface area (Å²) >= 11 is 3.35. The van der Waals surface area contributed by atoms with Crippen molar-refractivity contribution in [3.63, 3.8) is 0 Å². The van der Waals surface area contributed by atoms with Crippen molar-refractivity contribution in [2.75, 3.05) is 6.54 Å². The van der Waals surface area contributed by atoms with Gasteiger partial charge in [0.2, 0.25) is 0 Å². The minimum Gasteiger partial charge on any atom is -0.290 e. The van der Waals surface area contributed by atoms with Crippen LogP contribution in [0.5, 0.6) is 0 Å². The zero-order valence-corrected chi connectivity index (χ0v) is 14.0. The zero-order chi connectivity index (χ0) is 15.1. The Morgan fingerprint density at radius 3 is 3.14 bits per heavy atom. The summed E-state index contributed by atoms with van der Waals surface area (Å²) < 4.78 is 1.69. The Hall–Kier alpha value is -1.50. The van der Waals surface area contributed by atoms with Crippen molar-refractivity contribution in [2.45, 2.75) is 32.4 Å². The summed E-state index contributed by atoms with van der Waals surface area (Å²) in [6.07, 6.45) is 2.40. The number of aryl methyl sites for hydroxylation is 1. The van der Waals surface area contributed by atoms with Gasteiger partial charge in [0, 0.05) is 34.6 Å². The van der Waals surface area contributed by atoms with Gasteiger partial charge in [0.1, 0.15) is 0 Å². The zero-order valence-electron chi connectivity index (χ0n) is 12.4. The first kappa shape index (κ1) is 14.1. The Bertz CT molecular complexity index is 850. The number of thiophene rings is 1. The smallest absolute Gasteiger partial charge is 0.259 e. The molecule has 4 rings (SSSR count). The monoisotopic (exact) mass is 331 g/mol. The van der Waals surface area contributed by atoms with Gasteiger partial charge < -0.3 is 0 Å². The van der Waals surface area contributed by atoms with E-state index in [1.165, 1.54) is 29.1 Å². The largest absolute Gasteiger partial charge is 0.290 e. The Morgan fingerprint density at radius 1 is 1.41 bits per heavy atom. The molecule has 1 aliphatic rings. The first-order valence-corrected chi connectivity index (χ1v) is 9.22. The molecule has 1 fully saturated rings. The number of nitrogens with zero attached hydrogens (tertiary/aromatic N) is 3. The van der Waals surface area contributed by atoms with E-state index in [0.717, 1.165) is 29.4 Å². The lowest BCUT2D eigenvalue weighted by Gasteiger charge is -2.23. The molecule has 1 saturated heterocycles. The Balaban J connectivity index is 1.64. The highest BCUT2D eigenvalue weighted by Gasteiger charge is 2.27. The van der Waals surface area contributed by atoms with E-state index in [1.54, 1.807) is 10.5 Å². The Kier molecular flexibility index (Phi) is 3.60. The van der Waals surface area contributed by atoms with Crippen LogP contribution in [-0.4, -0.2) is 20.8 Å². The van der Waals surface area contributed by atoms with E-state index >= 15 is 0 Å². The number of thiazole rings is 1. The number of aromatic nitrogens is 2. The highest BCUT2D eigenvalue weighted by atomic mass is 32.1. The van der Waals surface area contributed by atoms with Crippen LogP contribution >= 0.6 is 22.7 Å². The molecule has 1 atom stereocenters. The third-order valence-corrected chi connectivity index (χ3v) is 6.15. The summed E-state index contributed by atoms with van der Waals surface area (Å²) in [7, 11) is 0. The van der Waals surface area contributed by atoms with Crippen LogP contribution in [0.15, 0.2) is 33.8 Å². The normalized spacial score (nSPS) is 19.2. The van der Waals surface area contributed by atoms with Crippen LogP contribution in [0.25, 0.3) is 4.96 Å². The number of hydrogen-bond acceptors (Lipinski definition) is 5. The molecule has 114 valence electrons. The second-order valence-electron chi connectivity index (χ2n) is 5.72. The molecule has 0 aliphatic carbocycles. The first-order chi connectivity index (χ1) is 10.7. The molecule has 4 heterocycles. The quantitative estimate of drug-likeness (QED) is 0.737. The van der Waals surface area contributed by atoms with E-state index in [4.69, 9.17) is 0 Å². The molecule has 0 unspecified atom stereocenters. The summed E-state index contributed by atoms with van der Waals surface area (Å²) in [6, 6.07) is 6.49. The van der Waals surface area contributed by atoms with E-state index in [9.17, 15) is 4.79 Å². The molecule has 0 saturated carbocycles. The van der Waals surface area contributed by atoms with Crippen molar-refractivity contribution in [3.8, 4) is 0 Å². The molecule has 6 heteroatoms. The van der Waals surface area contributed by atoms with E-state index in [0.29, 0.717) is 6.04 Å². The van der Waals surface area contributed by atoms with Gasteiger partial charge in [0.05, 0.1) is 5.69 Å². The standard InChI is InChI=1S/C16H17N3OS2/c1-11-10-22-16-17-12(8-15(20)19(11)16)9-18-6-2-4-13(18)14-5-3-7-21-14/h3,5,7-8,10,13H,2,4,6,9H2,1H3/t13-/m0/s1. The fourth-order valence-corrected chi connectivity index (χ4v) is 4.99. The molecular formula is C16H17N3OS2. The van der Waals surface area contributed by atoms with Crippen LogP contribution in [0, 0.1) is 6.92 Å². The molecular weight excluding hydrogens is 314 g/mol. The molecule has 0 radical (unpaired) electrons. The van der Waals surface area contributed by atoms with Gasteiger partial charge in [-0.05, 0) is 37.8 Å². The second-order valence-corrected chi connectivity index (χ2v) is 7.54. The molecule has 0 aromatic carbocycles. The number of fused-ring (bicyclic) bond motifs is 1. The Labute approximate surface area is 136 Å². The third-order valence-electron chi connectivity index (χ3n) is 4.23. The minimum absolute atomic E-state index is 0.0330. The van der Waals surface area contributed by atoms with Crippen molar-refractivity contribution >= 4 is 27.6 Å². The van der Waals surface area contributed by atoms with Crippen molar-refractivity contribution in [1.82, 2.24) is 14.3 Å².